The second-order valence-corrected chi connectivity index (χ2v) is 6.73. The van der Waals surface area contributed by atoms with Gasteiger partial charge in [-0.2, -0.15) is 0 Å². The second-order valence-electron chi connectivity index (χ2n) is 6.32. The Kier molecular flexibility index (Phi) is 6.52. The molecule has 2 aromatic rings. The smallest absolute Gasteiger partial charge is 0.259 e. The van der Waals surface area contributed by atoms with E-state index in [-0.39, 0.29) is 23.7 Å². The zero-order valence-corrected chi connectivity index (χ0v) is 15.7. The van der Waals surface area contributed by atoms with Crippen LogP contribution in [-0.4, -0.2) is 13.0 Å². The number of amides is 1. The number of ether oxygens (including phenoxy) is 1. The van der Waals surface area contributed by atoms with E-state index in [0.29, 0.717) is 22.0 Å². The van der Waals surface area contributed by atoms with Crippen LogP contribution in [0.25, 0.3) is 0 Å². The highest BCUT2D eigenvalue weighted by Crippen LogP contribution is 2.32. The number of rotatable bonds is 3. The molecular formula is C18H22Cl2N2O2. The van der Waals surface area contributed by atoms with Crippen molar-refractivity contribution in [3.8, 4) is 5.75 Å². The first-order valence-electron chi connectivity index (χ1n) is 7.28. The van der Waals surface area contributed by atoms with Gasteiger partial charge >= 0.3 is 0 Å². The van der Waals surface area contributed by atoms with Crippen molar-refractivity contribution in [2.45, 2.75) is 26.2 Å². The molecule has 3 N–H and O–H groups in total. The highest BCUT2D eigenvalue weighted by Gasteiger charge is 2.20. The van der Waals surface area contributed by atoms with Gasteiger partial charge < -0.3 is 15.8 Å². The molecule has 2 aromatic carbocycles. The molecule has 0 radical (unpaired) electrons. The van der Waals surface area contributed by atoms with Crippen LogP contribution in [0.4, 0.5) is 11.4 Å². The topological polar surface area (TPSA) is 64.3 Å². The van der Waals surface area contributed by atoms with Crippen molar-refractivity contribution in [1.29, 1.82) is 0 Å². The van der Waals surface area contributed by atoms with Crippen LogP contribution in [0.15, 0.2) is 36.4 Å². The molecule has 0 fully saturated rings. The van der Waals surface area contributed by atoms with Gasteiger partial charge in [0.05, 0.1) is 23.4 Å². The molecule has 24 heavy (non-hydrogen) atoms. The van der Waals surface area contributed by atoms with Gasteiger partial charge in [-0.25, -0.2) is 0 Å². The molecule has 0 atom stereocenters. The average Bonchev–Trinajstić information content (AvgIpc) is 2.49. The van der Waals surface area contributed by atoms with E-state index < -0.39 is 0 Å². The number of para-hydroxylation sites is 1. The molecule has 0 aliphatic rings. The van der Waals surface area contributed by atoms with Crippen molar-refractivity contribution in [2.24, 2.45) is 0 Å². The number of methoxy groups -OCH3 is 1. The van der Waals surface area contributed by atoms with E-state index in [9.17, 15) is 4.79 Å². The number of carbonyl (C=O) groups excluding carboxylic acids is 1. The molecule has 0 spiro atoms. The Morgan fingerprint density at radius 3 is 2.42 bits per heavy atom. The number of hydrogen-bond donors (Lipinski definition) is 2. The molecule has 0 bridgehead atoms. The van der Waals surface area contributed by atoms with Gasteiger partial charge in [-0.3, -0.25) is 4.79 Å². The van der Waals surface area contributed by atoms with E-state index in [4.69, 9.17) is 22.1 Å². The van der Waals surface area contributed by atoms with Gasteiger partial charge in [-0.15, -0.1) is 12.4 Å². The van der Waals surface area contributed by atoms with Gasteiger partial charge in [-0.05, 0) is 23.1 Å². The number of carbonyl (C=O) groups is 1. The van der Waals surface area contributed by atoms with Crippen LogP contribution in [0.1, 0.15) is 36.7 Å². The van der Waals surface area contributed by atoms with Crippen molar-refractivity contribution in [2.75, 3.05) is 18.2 Å². The Labute approximate surface area is 153 Å². The molecule has 0 heterocycles. The Morgan fingerprint density at radius 1 is 1.21 bits per heavy atom. The fourth-order valence-electron chi connectivity index (χ4n) is 2.35. The Morgan fingerprint density at radius 2 is 1.83 bits per heavy atom. The lowest BCUT2D eigenvalue weighted by molar-refractivity contribution is 0.102. The summed E-state index contributed by atoms with van der Waals surface area (Å²) in [7, 11) is 1.49. The first kappa shape index (κ1) is 20.1. The Hall–Kier alpha value is -1.91. The maximum atomic E-state index is 12.6. The summed E-state index contributed by atoms with van der Waals surface area (Å²) in [6, 6.07) is 10.8. The number of nitrogens with two attached hydrogens (primary N) is 1. The lowest BCUT2D eigenvalue weighted by Gasteiger charge is -2.23. The van der Waals surface area contributed by atoms with E-state index in [1.165, 1.54) is 13.2 Å². The third kappa shape index (κ3) is 4.34. The number of hydrogen-bond acceptors (Lipinski definition) is 3. The van der Waals surface area contributed by atoms with E-state index in [1.807, 2.05) is 24.3 Å². The zero-order valence-electron chi connectivity index (χ0n) is 14.1. The third-order valence-corrected chi connectivity index (χ3v) is 3.87. The molecule has 0 saturated heterocycles. The van der Waals surface area contributed by atoms with Crippen LogP contribution in [0.2, 0.25) is 5.02 Å². The van der Waals surface area contributed by atoms with E-state index >= 15 is 0 Å². The summed E-state index contributed by atoms with van der Waals surface area (Å²) in [6.45, 7) is 6.29. The minimum absolute atomic E-state index is 0. The van der Waals surface area contributed by atoms with Crippen LogP contribution >= 0.6 is 24.0 Å². The van der Waals surface area contributed by atoms with Gasteiger partial charge in [0, 0.05) is 11.8 Å². The molecule has 2 rings (SSSR count). The van der Waals surface area contributed by atoms with Gasteiger partial charge in [0.2, 0.25) is 0 Å². The van der Waals surface area contributed by atoms with Crippen molar-refractivity contribution in [3.63, 3.8) is 0 Å². The summed E-state index contributed by atoms with van der Waals surface area (Å²) in [5.41, 5.74) is 8.19. The van der Waals surface area contributed by atoms with Gasteiger partial charge in [0.1, 0.15) is 5.75 Å². The molecule has 4 nitrogen and oxygen atoms in total. The SMILES string of the molecule is COc1cc(N)c(Cl)cc1C(=O)Nc1ccccc1C(C)(C)C.Cl. The van der Waals surface area contributed by atoms with Gasteiger partial charge in [0.25, 0.3) is 5.91 Å². The summed E-state index contributed by atoms with van der Waals surface area (Å²) < 4.78 is 5.24. The molecular weight excluding hydrogens is 347 g/mol. The fraction of sp³-hybridized carbons (Fsp3) is 0.278. The van der Waals surface area contributed by atoms with Crippen molar-refractivity contribution in [1.82, 2.24) is 0 Å². The van der Waals surface area contributed by atoms with Crippen LogP contribution in [0.5, 0.6) is 5.75 Å². The van der Waals surface area contributed by atoms with Crippen molar-refractivity contribution >= 4 is 41.3 Å². The van der Waals surface area contributed by atoms with Crippen LogP contribution < -0.4 is 15.8 Å². The lowest BCUT2D eigenvalue weighted by Crippen LogP contribution is -2.19. The highest BCUT2D eigenvalue weighted by atomic mass is 35.5. The first-order valence-corrected chi connectivity index (χ1v) is 7.65. The highest BCUT2D eigenvalue weighted by molar-refractivity contribution is 6.33. The molecule has 0 aromatic heterocycles. The quantitative estimate of drug-likeness (QED) is 0.756. The molecule has 130 valence electrons. The normalized spacial score (nSPS) is 10.7. The van der Waals surface area contributed by atoms with Crippen LogP contribution in [0.3, 0.4) is 0 Å². The molecule has 0 aliphatic heterocycles. The predicted molar refractivity (Wildman–Crippen MR) is 103 cm³/mol. The standard InChI is InChI=1S/C18H21ClN2O2.ClH/c1-18(2,3)12-7-5-6-8-15(12)21-17(22)11-9-13(19)14(20)10-16(11)23-4;/h5-10H,20H2,1-4H3,(H,21,22);1H. The first-order chi connectivity index (χ1) is 10.7. The minimum Gasteiger partial charge on any atom is -0.496 e. The van der Waals surface area contributed by atoms with Crippen LogP contribution in [-0.2, 0) is 5.41 Å². The van der Waals surface area contributed by atoms with Crippen LogP contribution in [0, 0.1) is 0 Å². The Balaban J connectivity index is 0.00000288. The average molecular weight is 369 g/mol. The number of nitrogens with one attached hydrogen (secondary N) is 1. The van der Waals surface area contributed by atoms with E-state index in [1.54, 1.807) is 6.07 Å². The van der Waals surface area contributed by atoms with E-state index in [2.05, 4.69) is 26.1 Å². The van der Waals surface area contributed by atoms with Crippen molar-refractivity contribution < 1.29 is 9.53 Å². The number of halogens is 2. The number of anilines is 2. The number of benzene rings is 2. The molecule has 0 saturated carbocycles. The number of nitrogen functional groups attached to an aromatic ring is 1. The van der Waals surface area contributed by atoms with Gasteiger partial charge in [-0.1, -0.05) is 50.6 Å². The van der Waals surface area contributed by atoms with Crippen molar-refractivity contribution in [3.05, 3.63) is 52.5 Å². The van der Waals surface area contributed by atoms with E-state index in [0.717, 1.165) is 11.3 Å². The maximum Gasteiger partial charge on any atom is 0.259 e. The molecule has 0 unspecified atom stereocenters. The monoisotopic (exact) mass is 368 g/mol. The Bertz CT molecular complexity index is 740. The zero-order chi connectivity index (χ0) is 17.2. The lowest BCUT2D eigenvalue weighted by atomic mass is 9.86. The predicted octanol–water partition coefficient (Wildman–Crippen LogP) is 4.90. The molecule has 0 aliphatic carbocycles. The molecule has 1 amide bonds. The summed E-state index contributed by atoms with van der Waals surface area (Å²) in [5.74, 6) is 0.0955. The minimum atomic E-state index is -0.291. The summed E-state index contributed by atoms with van der Waals surface area (Å²) in [5, 5.41) is 3.26. The molecule has 6 heteroatoms. The maximum absolute atomic E-state index is 12.6. The summed E-state index contributed by atoms with van der Waals surface area (Å²) >= 11 is 6.03. The summed E-state index contributed by atoms with van der Waals surface area (Å²) in [4.78, 5) is 12.6. The summed E-state index contributed by atoms with van der Waals surface area (Å²) in [6.07, 6.45) is 0. The third-order valence-electron chi connectivity index (χ3n) is 3.55. The second kappa shape index (κ2) is 7.77. The van der Waals surface area contributed by atoms with Gasteiger partial charge in [0.15, 0.2) is 0 Å². The fourth-order valence-corrected chi connectivity index (χ4v) is 2.51. The largest absolute Gasteiger partial charge is 0.496 e.